The maximum Gasteiger partial charge on any atom is 0.164 e. The summed E-state index contributed by atoms with van der Waals surface area (Å²) in [5.74, 6) is 1.86. The van der Waals surface area contributed by atoms with Gasteiger partial charge in [0.15, 0.2) is 17.5 Å². The molecule has 1 aliphatic rings. The fraction of sp³-hybridized carbons (Fsp3) is 0.0196. The Balaban J connectivity index is 1.16. The molecular weight excluding hydrogens is 669 g/mol. The van der Waals surface area contributed by atoms with Gasteiger partial charge in [-0.2, -0.15) is 0 Å². The number of fused-ring (bicyclic) bond motifs is 3. The molecule has 2 heterocycles. The third-order valence-corrected chi connectivity index (χ3v) is 10.7. The maximum atomic E-state index is 5.20. The van der Waals surface area contributed by atoms with Gasteiger partial charge in [0.1, 0.15) is 0 Å². The summed E-state index contributed by atoms with van der Waals surface area (Å²) in [7, 11) is 0. The Hall–Kier alpha value is -7.30. The molecule has 0 aliphatic heterocycles. The lowest BCUT2D eigenvalue weighted by atomic mass is 9.67. The quantitative estimate of drug-likeness (QED) is 0.166. The Bertz CT molecular complexity index is 2740. The van der Waals surface area contributed by atoms with Crippen LogP contribution in [0.3, 0.4) is 0 Å². The minimum absolute atomic E-state index is 0.476. The zero-order chi connectivity index (χ0) is 36.6. The highest BCUT2D eigenvalue weighted by molar-refractivity contribution is 5.88. The van der Waals surface area contributed by atoms with Gasteiger partial charge in [0.05, 0.1) is 5.41 Å². The Kier molecular flexibility index (Phi) is 8.00. The highest BCUT2D eigenvalue weighted by Gasteiger charge is 2.46. The van der Waals surface area contributed by atoms with Crippen molar-refractivity contribution in [2.75, 3.05) is 0 Å². The smallest absolute Gasteiger partial charge is 0.164 e. The highest BCUT2D eigenvalue weighted by Crippen LogP contribution is 2.56. The predicted molar refractivity (Wildman–Crippen MR) is 222 cm³/mol. The molecule has 0 atom stereocenters. The molecule has 55 heavy (non-hydrogen) atoms. The molecule has 1 aliphatic carbocycles. The molecule has 0 unspecified atom stereocenters. The van der Waals surface area contributed by atoms with Gasteiger partial charge in [-0.3, -0.25) is 4.98 Å². The summed E-state index contributed by atoms with van der Waals surface area (Å²) in [6.07, 6.45) is 3.67. The van der Waals surface area contributed by atoms with Gasteiger partial charge in [0, 0.05) is 29.1 Å². The van der Waals surface area contributed by atoms with Crippen LogP contribution in [-0.4, -0.2) is 19.9 Å². The topological polar surface area (TPSA) is 51.6 Å². The first-order chi connectivity index (χ1) is 27.3. The molecule has 4 heteroatoms. The van der Waals surface area contributed by atoms with Crippen molar-refractivity contribution < 1.29 is 0 Å². The summed E-state index contributed by atoms with van der Waals surface area (Å²) in [5.41, 5.74) is 14.1. The van der Waals surface area contributed by atoms with Gasteiger partial charge in [-0.05, 0) is 73.8 Å². The second kappa shape index (κ2) is 13.6. The summed E-state index contributed by atoms with van der Waals surface area (Å²) >= 11 is 0. The maximum absolute atomic E-state index is 5.20. The molecule has 0 amide bonds. The van der Waals surface area contributed by atoms with Crippen molar-refractivity contribution in [1.82, 2.24) is 19.9 Å². The van der Waals surface area contributed by atoms with Crippen molar-refractivity contribution >= 4 is 0 Å². The van der Waals surface area contributed by atoms with Crippen molar-refractivity contribution in [3.63, 3.8) is 0 Å². The highest BCUT2D eigenvalue weighted by atomic mass is 15.0. The average molecular weight is 703 g/mol. The average Bonchev–Trinajstić information content (AvgIpc) is 3.58. The summed E-state index contributed by atoms with van der Waals surface area (Å²) in [4.78, 5) is 19.8. The van der Waals surface area contributed by atoms with Crippen LogP contribution in [0.25, 0.3) is 67.5 Å². The molecule has 9 aromatic rings. The van der Waals surface area contributed by atoms with E-state index in [1.165, 1.54) is 33.4 Å². The van der Waals surface area contributed by atoms with E-state index in [2.05, 4.69) is 187 Å². The predicted octanol–water partition coefficient (Wildman–Crippen LogP) is 12.0. The van der Waals surface area contributed by atoms with Gasteiger partial charge in [-0.15, -0.1) is 0 Å². The normalized spacial score (nSPS) is 12.5. The van der Waals surface area contributed by atoms with Crippen LogP contribution in [0.1, 0.15) is 22.3 Å². The molecule has 0 saturated carbocycles. The third kappa shape index (κ3) is 5.63. The van der Waals surface area contributed by atoms with Crippen LogP contribution >= 0.6 is 0 Å². The van der Waals surface area contributed by atoms with E-state index in [9.17, 15) is 0 Å². The van der Waals surface area contributed by atoms with Gasteiger partial charge in [0.25, 0.3) is 0 Å². The number of pyridine rings is 1. The standard InChI is InChI=1S/C51H34N4/c1-4-14-35(15-5-1)38-16-12-17-39(32-38)49-53-48(37-27-25-36(26-28-37)41-18-13-31-52-34-41)54-50(55-49)40-29-30-47-45(33-40)44-23-10-11-24-46(44)51(47,42-19-6-2-7-20-42)43-21-8-3-9-22-43/h1-34H. The second-order valence-corrected chi connectivity index (χ2v) is 13.9. The van der Waals surface area contributed by atoms with Gasteiger partial charge >= 0.3 is 0 Å². The molecule has 0 radical (unpaired) electrons. The lowest BCUT2D eigenvalue weighted by Crippen LogP contribution is -2.28. The van der Waals surface area contributed by atoms with E-state index in [0.29, 0.717) is 17.5 Å². The SMILES string of the molecule is c1ccc(-c2cccc(-c3nc(-c4ccc(-c5cccnc5)cc4)nc(-c4ccc5c(c4)-c4ccccc4C5(c4ccccc4)c4ccccc4)n3)c2)cc1. The van der Waals surface area contributed by atoms with E-state index in [4.69, 9.17) is 15.0 Å². The zero-order valence-corrected chi connectivity index (χ0v) is 29.9. The van der Waals surface area contributed by atoms with E-state index in [0.717, 1.165) is 38.9 Å². The minimum Gasteiger partial charge on any atom is -0.264 e. The summed E-state index contributed by atoms with van der Waals surface area (Å²) in [5, 5.41) is 0. The summed E-state index contributed by atoms with van der Waals surface area (Å²) in [6, 6.07) is 68.5. The van der Waals surface area contributed by atoms with Gasteiger partial charge in [-0.25, -0.2) is 15.0 Å². The third-order valence-electron chi connectivity index (χ3n) is 10.7. The fourth-order valence-electron chi connectivity index (χ4n) is 8.17. The van der Waals surface area contributed by atoms with Gasteiger partial charge < -0.3 is 0 Å². The molecule has 0 spiro atoms. The Morgan fingerprint density at radius 1 is 0.309 bits per heavy atom. The molecule has 0 fully saturated rings. The first-order valence-corrected chi connectivity index (χ1v) is 18.5. The van der Waals surface area contributed by atoms with E-state index in [1.807, 2.05) is 18.3 Å². The number of hydrogen-bond donors (Lipinski definition) is 0. The number of hydrogen-bond acceptors (Lipinski definition) is 4. The molecule has 0 saturated heterocycles. The van der Waals surface area contributed by atoms with Crippen LogP contribution in [-0.2, 0) is 5.41 Å². The number of aromatic nitrogens is 4. The molecule has 0 bridgehead atoms. The fourth-order valence-corrected chi connectivity index (χ4v) is 8.17. The first kappa shape index (κ1) is 32.4. The summed E-state index contributed by atoms with van der Waals surface area (Å²) in [6.45, 7) is 0. The van der Waals surface area contributed by atoms with E-state index in [1.54, 1.807) is 6.20 Å². The van der Waals surface area contributed by atoms with Crippen LogP contribution < -0.4 is 0 Å². The van der Waals surface area contributed by atoms with Crippen LogP contribution in [0.5, 0.6) is 0 Å². The molecule has 2 aromatic heterocycles. The van der Waals surface area contributed by atoms with Crippen molar-refractivity contribution in [3.05, 3.63) is 229 Å². The van der Waals surface area contributed by atoms with E-state index >= 15 is 0 Å². The Labute approximate surface area is 320 Å². The minimum atomic E-state index is -0.476. The molecular formula is C51H34N4. The lowest BCUT2D eigenvalue weighted by molar-refractivity contribution is 0.768. The number of benzene rings is 7. The van der Waals surface area contributed by atoms with Crippen molar-refractivity contribution in [2.45, 2.75) is 5.41 Å². The second-order valence-electron chi connectivity index (χ2n) is 13.9. The molecule has 0 N–H and O–H groups in total. The van der Waals surface area contributed by atoms with E-state index < -0.39 is 5.41 Å². The van der Waals surface area contributed by atoms with E-state index in [-0.39, 0.29) is 0 Å². The van der Waals surface area contributed by atoms with Crippen LogP contribution in [0.4, 0.5) is 0 Å². The monoisotopic (exact) mass is 702 g/mol. The zero-order valence-electron chi connectivity index (χ0n) is 29.9. The van der Waals surface area contributed by atoms with Crippen LogP contribution in [0, 0.1) is 0 Å². The van der Waals surface area contributed by atoms with Crippen LogP contribution in [0.2, 0.25) is 0 Å². The molecule has 258 valence electrons. The van der Waals surface area contributed by atoms with Gasteiger partial charge in [-0.1, -0.05) is 176 Å². The molecule has 10 rings (SSSR count). The molecule has 7 aromatic carbocycles. The Morgan fingerprint density at radius 2 is 0.800 bits per heavy atom. The van der Waals surface area contributed by atoms with Crippen molar-refractivity contribution in [3.8, 4) is 67.5 Å². The molecule has 4 nitrogen and oxygen atoms in total. The Morgan fingerprint density at radius 3 is 1.47 bits per heavy atom. The summed E-state index contributed by atoms with van der Waals surface area (Å²) < 4.78 is 0. The number of nitrogens with zero attached hydrogens (tertiary/aromatic N) is 4. The number of rotatable bonds is 7. The van der Waals surface area contributed by atoms with Crippen molar-refractivity contribution in [2.24, 2.45) is 0 Å². The first-order valence-electron chi connectivity index (χ1n) is 18.5. The van der Waals surface area contributed by atoms with Crippen molar-refractivity contribution in [1.29, 1.82) is 0 Å². The van der Waals surface area contributed by atoms with Crippen LogP contribution in [0.15, 0.2) is 207 Å². The van der Waals surface area contributed by atoms with Gasteiger partial charge in [0.2, 0.25) is 0 Å². The lowest BCUT2D eigenvalue weighted by Gasteiger charge is -2.33. The largest absolute Gasteiger partial charge is 0.264 e.